The van der Waals surface area contributed by atoms with Gasteiger partial charge in [0, 0.05) is 22.4 Å². The van der Waals surface area contributed by atoms with E-state index in [4.69, 9.17) is 10.2 Å². The van der Waals surface area contributed by atoms with Crippen molar-refractivity contribution < 1.29 is 4.42 Å². The van der Waals surface area contributed by atoms with Gasteiger partial charge in [0.15, 0.2) is 0 Å². The highest BCUT2D eigenvalue weighted by Crippen LogP contribution is 2.54. The molecule has 0 amide bonds. The highest BCUT2D eigenvalue weighted by atomic mass is 16.3. The molecule has 3 heteroatoms. The van der Waals surface area contributed by atoms with Gasteiger partial charge in [-0.2, -0.15) is 0 Å². The second-order valence-corrected chi connectivity index (χ2v) is 4.98. The van der Waals surface area contributed by atoms with Gasteiger partial charge in [-0.15, -0.1) is 0 Å². The number of fused-ring (bicyclic) bond motifs is 1. The van der Waals surface area contributed by atoms with Crippen molar-refractivity contribution in [3.8, 4) is 0 Å². The molecule has 0 saturated heterocycles. The van der Waals surface area contributed by atoms with Crippen LogP contribution in [-0.2, 0) is 0 Å². The Morgan fingerprint density at radius 1 is 1.41 bits per heavy atom. The first kappa shape index (κ1) is 10.8. The van der Waals surface area contributed by atoms with Crippen molar-refractivity contribution in [3.63, 3.8) is 0 Å². The predicted octanol–water partition coefficient (Wildman–Crippen LogP) is 2.43. The van der Waals surface area contributed by atoms with Crippen LogP contribution in [0.5, 0.6) is 0 Å². The van der Waals surface area contributed by atoms with Crippen LogP contribution in [0.2, 0.25) is 0 Å². The summed E-state index contributed by atoms with van der Waals surface area (Å²) in [7, 11) is 2.00. The molecule has 3 rings (SSSR count). The Morgan fingerprint density at radius 2 is 2.18 bits per heavy atom. The minimum atomic E-state index is 0.237. The van der Waals surface area contributed by atoms with Crippen molar-refractivity contribution in [2.24, 2.45) is 11.1 Å². The van der Waals surface area contributed by atoms with Gasteiger partial charge in [-0.1, -0.05) is 18.2 Å². The van der Waals surface area contributed by atoms with Crippen molar-refractivity contribution in [2.75, 3.05) is 13.6 Å². The molecule has 3 nitrogen and oxygen atoms in total. The van der Waals surface area contributed by atoms with Crippen LogP contribution in [0.1, 0.15) is 24.4 Å². The number of para-hydroxylation sites is 1. The molecule has 1 aromatic heterocycles. The molecule has 0 bridgehead atoms. The lowest BCUT2D eigenvalue weighted by Crippen LogP contribution is -2.31. The topological polar surface area (TPSA) is 51.2 Å². The molecule has 0 spiro atoms. The number of furan rings is 1. The van der Waals surface area contributed by atoms with Crippen molar-refractivity contribution >= 4 is 11.0 Å². The van der Waals surface area contributed by atoms with Crippen LogP contribution in [-0.4, -0.2) is 13.6 Å². The van der Waals surface area contributed by atoms with Gasteiger partial charge in [0.2, 0.25) is 0 Å². The minimum absolute atomic E-state index is 0.237. The monoisotopic (exact) mass is 230 g/mol. The van der Waals surface area contributed by atoms with E-state index in [1.54, 1.807) is 0 Å². The van der Waals surface area contributed by atoms with Gasteiger partial charge in [0.25, 0.3) is 0 Å². The molecular formula is C14H18N2O. The molecule has 1 atom stereocenters. The van der Waals surface area contributed by atoms with Gasteiger partial charge in [-0.3, -0.25) is 0 Å². The fourth-order valence-electron chi connectivity index (χ4n) is 2.78. The zero-order valence-electron chi connectivity index (χ0n) is 10.1. The highest BCUT2D eigenvalue weighted by molar-refractivity contribution is 5.81. The van der Waals surface area contributed by atoms with Crippen LogP contribution in [0.25, 0.3) is 11.0 Å². The fraction of sp³-hybridized carbons (Fsp3) is 0.429. The van der Waals surface area contributed by atoms with E-state index in [0.29, 0.717) is 6.04 Å². The Labute approximate surface area is 101 Å². The van der Waals surface area contributed by atoms with Gasteiger partial charge in [-0.25, -0.2) is 0 Å². The molecule has 90 valence electrons. The van der Waals surface area contributed by atoms with Gasteiger partial charge in [0.05, 0.1) is 6.26 Å². The van der Waals surface area contributed by atoms with E-state index >= 15 is 0 Å². The lowest BCUT2D eigenvalue weighted by molar-refractivity contribution is 0.365. The third kappa shape index (κ3) is 1.58. The van der Waals surface area contributed by atoms with E-state index in [1.807, 2.05) is 25.4 Å². The average molecular weight is 230 g/mol. The lowest BCUT2D eigenvalue weighted by atomic mass is 9.90. The maximum Gasteiger partial charge on any atom is 0.134 e. The Morgan fingerprint density at radius 3 is 2.82 bits per heavy atom. The third-order valence-corrected chi connectivity index (χ3v) is 4.02. The van der Waals surface area contributed by atoms with Gasteiger partial charge in [-0.05, 0) is 32.5 Å². The molecule has 1 saturated carbocycles. The molecular weight excluding hydrogens is 212 g/mol. The zero-order chi connectivity index (χ0) is 11.9. The summed E-state index contributed by atoms with van der Waals surface area (Å²) < 4.78 is 5.62. The second-order valence-electron chi connectivity index (χ2n) is 4.98. The molecule has 0 aliphatic heterocycles. The molecule has 3 N–H and O–H groups in total. The Kier molecular flexibility index (Phi) is 2.45. The van der Waals surface area contributed by atoms with Crippen molar-refractivity contribution in [2.45, 2.75) is 18.9 Å². The first-order valence-corrected chi connectivity index (χ1v) is 6.14. The summed E-state index contributed by atoms with van der Waals surface area (Å²) in [5.74, 6) is 0. The van der Waals surface area contributed by atoms with Crippen molar-refractivity contribution in [3.05, 3.63) is 36.1 Å². The standard InChI is InChI=1S/C14H18N2O/c1-16-13(14(9-15)6-7-14)11-8-17-12-5-3-2-4-10(11)12/h2-5,8,13,16H,6-7,9,15H2,1H3. The summed E-state index contributed by atoms with van der Waals surface area (Å²) in [6.45, 7) is 0.734. The van der Waals surface area contributed by atoms with Crippen LogP contribution >= 0.6 is 0 Å². The molecule has 0 radical (unpaired) electrons. The second kappa shape index (κ2) is 3.86. The lowest BCUT2D eigenvalue weighted by Gasteiger charge is -2.24. The van der Waals surface area contributed by atoms with E-state index in [1.165, 1.54) is 23.8 Å². The van der Waals surface area contributed by atoms with E-state index in [9.17, 15) is 0 Å². The highest BCUT2D eigenvalue weighted by Gasteiger charge is 2.48. The SMILES string of the molecule is CNC(c1coc2ccccc12)C1(CN)CC1. The average Bonchev–Trinajstić information content (AvgIpc) is 3.05. The number of rotatable bonds is 4. The quantitative estimate of drug-likeness (QED) is 0.848. The number of nitrogens with two attached hydrogens (primary N) is 1. The van der Waals surface area contributed by atoms with E-state index in [2.05, 4.69) is 17.4 Å². The van der Waals surface area contributed by atoms with Crippen LogP contribution in [0.4, 0.5) is 0 Å². The van der Waals surface area contributed by atoms with E-state index in [-0.39, 0.29) is 5.41 Å². The minimum Gasteiger partial charge on any atom is -0.464 e. The fourth-order valence-corrected chi connectivity index (χ4v) is 2.78. The van der Waals surface area contributed by atoms with Crippen molar-refractivity contribution in [1.29, 1.82) is 0 Å². The maximum atomic E-state index is 5.92. The Hall–Kier alpha value is -1.32. The summed E-state index contributed by atoms with van der Waals surface area (Å²) in [6, 6.07) is 8.48. The van der Waals surface area contributed by atoms with Gasteiger partial charge < -0.3 is 15.5 Å². The van der Waals surface area contributed by atoms with E-state index in [0.717, 1.165) is 12.1 Å². The first-order chi connectivity index (χ1) is 8.30. The molecule has 17 heavy (non-hydrogen) atoms. The van der Waals surface area contributed by atoms with Gasteiger partial charge >= 0.3 is 0 Å². The Balaban J connectivity index is 2.07. The molecule has 1 aromatic carbocycles. The number of hydrogen-bond acceptors (Lipinski definition) is 3. The molecule has 1 fully saturated rings. The van der Waals surface area contributed by atoms with Crippen molar-refractivity contribution in [1.82, 2.24) is 5.32 Å². The summed E-state index contributed by atoms with van der Waals surface area (Å²) >= 11 is 0. The molecule has 1 heterocycles. The third-order valence-electron chi connectivity index (χ3n) is 4.02. The van der Waals surface area contributed by atoms with Gasteiger partial charge in [0.1, 0.15) is 5.58 Å². The van der Waals surface area contributed by atoms with Crippen LogP contribution in [0, 0.1) is 5.41 Å². The van der Waals surface area contributed by atoms with Crippen LogP contribution in [0.15, 0.2) is 34.9 Å². The molecule has 1 unspecified atom stereocenters. The Bertz CT molecular complexity index is 528. The summed E-state index contributed by atoms with van der Waals surface area (Å²) in [5, 5.41) is 4.61. The van der Waals surface area contributed by atoms with Crippen LogP contribution in [0.3, 0.4) is 0 Å². The van der Waals surface area contributed by atoms with Crippen LogP contribution < -0.4 is 11.1 Å². The molecule has 2 aromatic rings. The summed E-state index contributed by atoms with van der Waals surface area (Å²) in [5.41, 5.74) is 8.36. The summed E-state index contributed by atoms with van der Waals surface area (Å²) in [4.78, 5) is 0. The predicted molar refractivity (Wildman–Crippen MR) is 68.7 cm³/mol. The smallest absolute Gasteiger partial charge is 0.134 e. The zero-order valence-corrected chi connectivity index (χ0v) is 10.1. The molecule has 1 aliphatic carbocycles. The maximum absolute atomic E-state index is 5.92. The van der Waals surface area contributed by atoms with E-state index < -0.39 is 0 Å². The summed E-state index contributed by atoms with van der Waals surface area (Å²) in [6.07, 6.45) is 4.28. The largest absolute Gasteiger partial charge is 0.464 e. The number of benzene rings is 1. The first-order valence-electron chi connectivity index (χ1n) is 6.14. The molecule has 1 aliphatic rings. The number of nitrogens with one attached hydrogen (secondary N) is 1. The number of hydrogen-bond donors (Lipinski definition) is 2. The normalized spacial score (nSPS) is 19.4.